The standard InChI is InChI=1S/C18H15BrN4O2/c1-25-15-5-3-2-4-14(15)20-16-10-11-17(23-22-16)21-18(24)12-6-8-13(19)9-7-12/h2-11H,1H3,(H,20,22)(H,21,23,24). The first-order valence-corrected chi connectivity index (χ1v) is 8.26. The summed E-state index contributed by atoms with van der Waals surface area (Å²) in [6.45, 7) is 0. The molecule has 0 atom stereocenters. The molecule has 0 bridgehead atoms. The summed E-state index contributed by atoms with van der Waals surface area (Å²) < 4.78 is 6.19. The zero-order chi connectivity index (χ0) is 17.6. The van der Waals surface area contributed by atoms with E-state index < -0.39 is 0 Å². The van der Waals surface area contributed by atoms with Gasteiger partial charge in [0, 0.05) is 10.0 Å². The molecule has 0 aliphatic carbocycles. The zero-order valence-corrected chi connectivity index (χ0v) is 14.9. The van der Waals surface area contributed by atoms with Gasteiger partial charge >= 0.3 is 0 Å². The Balaban J connectivity index is 1.68. The summed E-state index contributed by atoms with van der Waals surface area (Å²) in [5.74, 6) is 1.38. The Bertz CT molecular complexity index is 867. The Hall–Kier alpha value is -2.93. The number of amides is 1. The van der Waals surface area contributed by atoms with Gasteiger partial charge in [-0.2, -0.15) is 0 Å². The molecule has 0 saturated carbocycles. The van der Waals surface area contributed by atoms with Gasteiger partial charge in [-0.05, 0) is 48.5 Å². The predicted octanol–water partition coefficient (Wildman–Crippen LogP) is 4.24. The van der Waals surface area contributed by atoms with Gasteiger partial charge in [-0.15, -0.1) is 10.2 Å². The lowest BCUT2D eigenvalue weighted by atomic mass is 10.2. The third-order valence-corrected chi connectivity index (χ3v) is 3.91. The van der Waals surface area contributed by atoms with Crippen molar-refractivity contribution < 1.29 is 9.53 Å². The van der Waals surface area contributed by atoms with Crippen LogP contribution in [0.5, 0.6) is 5.75 Å². The Labute approximate surface area is 153 Å². The summed E-state index contributed by atoms with van der Waals surface area (Å²) in [5.41, 5.74) is 1.33. The van der Waals surface area contributed by atoms with Crippen molar-refractivity contribution >= 4 is 39.2 Å². The van der Waals surface area contributed by atoms with Crippen molar-refractivity contribution in [3.8, 4) is 5.75 Å². The molecule has 0 aliphatic heterocycles. The molecule has 3 rings (SSSR count). The van der Waals surface area contributed by atoms with Crippen molar-refractivity contribution in [2.75, 3.05) is 17.7 Å². The molecule has 0 aliphatic rings. The van der Waals surface area contributed by atoms with E-state index in [1.165, 1.54) is 0 Å². The van der Waals surface area contributed by atoms with E-state index in [1.807, 2.05) is 24.3 Å². The number of rotatable bonds is 5. The fourth-order valence-corrected chi connectivity index (χ4v) is 2.41. The van der Waals surface area contributed by atoms with Crippen LogP contribution in [0, 0.1) is 0 Å². The molecule has 7 heteroatoms. The number of carbonyl (C=O) groups excluding carboxylic acids is 1. The van der Waals surface area contributed by atoms with Gasteiger partial charge in [0.25, 0.3) is 5.91 Å². The number of nitrogens with zero attached hydrogens (tertiary/aromatic N) is 2. The third-order valence-electron chi connectivity index (χ3n) is 3.38. The van der Waals surface area contributed by atoms with Gasteiger partial charge in [-0.25, -0.2) is 0 Å². The Kier molecular flexibility index (Phi) is 5.25. The number of halogens is 1. The number of hydrogen-bond acceptors (Lipinski definition) is 5. The van der Waals surface area contributed by atoms with Crippen LogP contribution in [-0.2, 0) is 0 Å². The highest BCUT2D eigenvalue weighted by Crippen LogP contribution is 2.26. The maximum Gasteiger partial charge on any atom is 0.256 e. The smallest absolute Gasteiger partial charge is 0.256 e. The molecule has 6 nitrogen and oxygen atoms in total. The lowest BCUT2D eigenvalue weighted by Gasteiger charge is -2.10. The molecule has 0 fully saturated rings. The topological polar surface area (TPSA) is 76.1 Å². The number of benzene rings is 2. The van der Waals surface area contributed by atoms with Gasteiger partial charge in [0.05, 0.1) is 12.8 Å². The second-order valence-electron chi connectivity index (χ2n) is 5.09. The van der Waals surface area contributed by atoms with Crippen LogP contribution in [0.4, 0.5) is 17.3 Å². The van der Waals surface area contributed by atoms with Gasteiger partial charge in [-0.1, -0.05) is 28.1 Å². The Morgan fingerprint density at radius 2 is 1.64 bits per heavy atom. The molecule has 3 aromatic rings. The van der Waals surface area contributed by atoms with Crippen LogP contribution in [0.25, 0.3) is 0 Å². The fourth-order valence-electron chi connectivity index (χ4n) is 2.14. The van der Waals surface area contributed by atoms with Crippen LogP contribution in [0.3, 0.4) is 0 Å². The third kappa shape index (κ3) is 4.33. The summed E-state index contributed by atoms with van der Waals surface area (Å²) in [6, 6.07) is 18.0. The van der Waals surface area contributed by atoms with Crippen molar-refractivity contribution in [2.24, 2.45) is 0 Å². The van der Waals surface area contributed by atoms with Crippen molar-refractivity contribution in [2.45, 2.75) is 0 Å². The number of aromatic nitrogens is 2. The molecule has 126 valence electrons. The molecular weight excluding hydrogens is 384 g/mol. The predicted molar refractivity (Wildman–Crippen MR) is 100 cm³/mol. The quantitative estimate of drug-likeness (QED) is 0.671. The van der Waals surface area contributed by atoms with Crippen LogP contribution in [0.2, 0.25) is 0 Å². The number of hydrogen-bond donors (Lipinski definition) is 2. The molecule has 2 aromatic carbocycles. The van der Waals surface area contributed by atoms with Gasteiger partial charge in [0.2, 0.25) is 0 Å². The number of carbonyl (C=O) groups is 1. The normalized spacial score (nSPS) is 10.2. The molecule has 2 N–H and O–H groups in total. The number of anilines is 3. The molecule has 0 saturated heterocycles. The van der Waals surface area contributed by atoms with Crippen molar-refractivity contribution in [1.82, 2.24) is 10.2 Å². The molecular formula is C18H15BrN4O2. The Morgan fingerprint density at radius 3 is 2.32 bits per heavy atom. The minimum absolute atomic E-state index is 0.243. The molecule has 0 unspecified atom stereocenters. The van der Waals surface area contributed by atoms with E-state index in [0.717, 1.165) is 10.2 Å². The first kappa shape index (κ1) is 16.9. The summed E-state index contributed by atoms with van der Waals surface area (Å²) in [6.07, 6.45) is 0. The maximum atomic E-state index is 12.2. The highest BCUT2D eigenvalue weighted by Gasteiger charge is 2.08. The summed E-state index contributed by atoms with van der Waals surface area (Å²) in [7, 11) is 1.60. The molecule has 1 amide bonds. The number of ether oxygens (including phenoxy) is 1. The van der Waals surface area contributed by atoms with E-state index in [2.05, 4.69) is 36.8 Å². The maximum absolute atomic E-state index is 12.2. The van der Waals surface area contributed by atoms with Crippen LogP contribution >= 0.6 is 15.9 Å². The average Bonchev–Trinajstić information content (AvgIpc) is 2.64. The summed E-state index contributed by atoms with van der Waals surface area (Å²) in [4.78, 5) is 12.2. The SMILES string of the molecule is COc1ccccc1Nc1ccc(NC(=O)c2ccc(Br)cc2)nn1. The summed E-state index contributed by atoms with van der Waals surface area (Å²) in [5, 5.41) is 13.9. The molecule has 1 aromatic heterocycles. The van der Waals surface area contributed by atoms with Gasteiger partial charge in [-0.3, -0.25) is 4.79 Å². The Morgan fingerprint density at radius 1 is 0.960 bits per heavy atom. The van der Waals surface area contributed by atoms with Gasteiger partial charge < -0.3 is 15.4 Å². The molecule has 0 radical (unpaired) electrons. The van der Waals surface area contributed by atoms with Crippen molar-refractivity contribution in [1.29, 1.82) is 0 Å². The average molecular weight is 399 g/mol. The number of nitrogens with one attached hydrogen (secondary N) is 2. The molecule has 1 heterocycles. The monoisotopic (exact) mass is 398 g/mol. The first-order chi connectivity index (χ1) is 12.2. The lowest BCUT2D eigenvalue weighted by molar-refractivity contribution is 0.102. The van der Waals surface area contributed by atoms with Crippen LogP contribution < -0.4 is 15.4 Å². The van der Waals surface area contributed by atoms with E-state index in [4.69, 9.17) is 4.74 Å². The lowest BCUT2D eigenvalue weighted by Crippen LogP contribution is -2.13. The minimum atomic E-state index is -0.243. The second-order valence-corrected chi connectivity index (χ2v) is 6.01. The van der Waals surface area contributed by atoms with Crippen molar-refractivity contribution in [3.05, 3.63) is 70.7 Å². The highest BCUT2D eigenvalue weighted by atomic mass is 79.9. The fraction of sp³-hybridized carbons (Fsp3) is 0.0556. The van der Waals surface area contributed by atoms with E-state index in [1.54, 1.807) is 43.5 Å². The first-order valence-electron chi connectivity index (χ1n) is 7.46. The van der Waals surface area contributed by atoms with Crippen LogP contribution in [-0.4, -0.2) is 23.2 Å². The van der Waals surface area contributed by atoms with E-state index >= 15 is 0 Å². The van der Waals surface area contributed by atoms with Gasteiger partial charge in [0.1, 0.15) is 5.75 Å². The van der Waals surface area contributed by atoms with Crippen LogP contribution in [0.1, 0.15) is 10.4 Å². The zero-order valence-electron chi connectivity index (χ0n) is 13.4. The second kappa shape index (κ2) is 7.76. The van der Waals surface area contributed by atoms with E-state index in [0.29, 0.717) is 22.9 Å². The van der Waals surface area contributed by atoms with E-state index in [-0.39, 0.29) is 5.91 Å². The van der Waals surface area contributed by atoms with Crippen molar-refractivity contribution in [3.63, 3.8) is 0 Å². The number of para-hydroxylation sites is 2. The summed E-state index contributed by atoms with van der Waals surface area (Å²) >= 11 is 3.34. The van der Waals surface area contributed by atoms with Gasteiger partial charge in [0.15, 0.2) is 11.6 Å². The number of methoxy groups -OCH3 is 1. The van der Waals surface area contributed by atoms with Crippen LogP contribution in [0.15, 0.2) is 65.1 Å². The minimum Gasteiger partial charge on any atom is -0.495 e. The van der Waals surface area contributed by atoms with E-state index in [9.17, 15) is 4.79 Å². The largest absolute Gasteiger partial charge is 0.495 e. The molecule has 0 spiro atoms. The highest BCUT2D eigenvalue weighted by molar-refractivity contribution is 9.10. The molecule has 25 heavy (non-hydrogen) atoms.